The van der Waals surface area contributed by atoms with E-state index < -0.39 is 0 Å². The number of aromatic amines is 1. The summed E-state index contributed by atoms with van der Waals surface area (Å²) >= 11 is 3.44. The van der Waals surface area contributed by atoms with Gasteiger partial charge in [0.2, 0.25) is 0 Å². The van der Waals surface area contributed by atoms with Crippen LogP contribution in [0, 0.1) is 0 Å². The number of carbonyl (C=O) groups excluding carboxylic acids is 1. The second-order valence-corrected chi connectivity index (χ2v) is 7.31. The van der Waals surface area contributed by atoms with Gasteiger partial charge in [-0.2, -0.15) is 0 Å². The van der Waals surface area contributed by atoms with Crippen LogP contribution in [0.4, 0.5) is 0 Å². The maximum atomic E-state index is 12.8. The lowest BCUT2D eigenvalue weighted by Gasteiger charge is -2.09. The number of imidazole rings is 1. The first-order valence-corrected chi connectivity index (χ1v) is 9.79. The third kappa shape index (κ3) is 4.38. The number of nitrogens with one attached hydrogen (secondary N) is 2. The van der Waals surface area contributed by atoms with Crippen LogP contribution in [0.15, 0.2) is 77.3 Å². The largest absolute Gasteiger partial charge is 0.497 e. The quantitative estimate of drug-likeness (QED) is 0.438. The SMILES string of the molecule is COc1ccc(C(=O)NC(=Cc2ccc(Br)cc2)c2nc3ccccc3[nH]2)cc1. The van der Waals surface area contributed by atoms with E-state index >= 15 is 0 Å². The maximum Gasteiger partial charge on any atom is 0.255 e. The number of ether oxygens (including phenoxy) is 1. The van der Waals surface area contributed by atoms with Gasteiger partial charge in [0, 0.05) is 10.0 Å². The van der Waals surface area contributed by atoms with E-state index in [1.165, 1.54) is 0 Å². The van der Waals surface area contributed by atoms with Crippen LogP contribution in [0.2, 0.25) is 0 Å². The zero-order chi connectivity index (χ0) is 20.2. The van der Waals surface area contributed by atoms with Crippen molar-refractivity contribution in [1.29, 1.82) is 0 Å². The van der Waals surface area contributed by atoms with Crippen LogP contribution in [0.3, 0.4) is 0 Å². The van der Waals surface area contributed by atoms with Crippen molar-refractivity contribution in [2.75, 3.05) is 7.11 Å². The number of carbonyl (C=O) groups is 1. The zero-order valence-corrected chi connectivity index (χ0v) is 17.2. The monoisotopic (exact) mass is 447 g/mol. The molecule has 0 unspecified atom stereocenters. The van der Waals surface area contributed by atoms with E-state index in [-0.39, 0.29) is 5.91 Å². The van der Waals surface area contributed by atoms with Gasteiger partial charge in [0.15, 0.2) is 5.82 Å². The zero-order valence-electron chi connectivity index (χ0n) is 15.6. The van der Waals surface area contributed by atoms with Crippen molar-refractivity contribution in [3.8, 4) is 5.75 Å². The number of halogens is 1. The Morgan fingerprint density at radius 1 is 1.03 bits per heavy atom. The van der Waals surface area contributed by atoms with Crippen LogP contribution in [0.1, 0.15) is 21.7 Å². The molecule has 6 heteroatoms. The molecule has 0 atom stereocenters. The van der Waals surface area contributed by atoms with Crippen molar-refractivity contribution in [2.45, 2.75) is 0 Å². The topological polar surface area (TPSA) is 67.0 Å². The number of benzene rings is 3. The van der Waals surface area contributed by atoms with E-state index in [4.69, 9.17) is 4.74 Å². The van der Waals surface area contributed by atoms with Crippen LogP contribution in [0.25, 0.3) is 22.8 Å². The molecule has 0 bridgehead atoms. The highest BCUT2D eigenvalue weighted by molar-refractivity contribution is 9.10. The van der Waals surface area contributed by atoms with Gasteiger partial charge >= 0.3 is 0 Å². The molecule has 1 heterocycles. The molecule has 29 heavy (non-hydrogen) atoms. The number of hydrogen-bond acceptors (Lipinski definition) is 3. The molecule has 144 valence electrons. The Morgan fingerprint density at radius 2 is 1.76 bits per heavy atom. The molecule has 0 aliphatic rings. The Morgan fingerprint density at radius 3 is 2.45 bits per heavy atom. The smallest absolute Gasteiger partial charge is 0.255 e. The maximum absolute atomic E-state index is 12.8. The van der Waals surface area contributed by atoms with Crippen molar-refractivity contribution in [1.82, 2.24) is 15.3 Å². The minimum absolute atomic E-state index is 0.225. The summed E-state index contributed by atoms with van der Waals surface area (Å²) in [5.41, 5.74) is 3.80. The van der Waals surface area contributed by atoms with Gasteiger partial charge < -0.3 is 15.0 Å². The standard InChI is InChI=1S/C23H18BrN3O2/c1-29-18-12-8-16(9-13-18)23(28)27-21(14-15-6-10-17(24)11-7-15)22-25-19-4-2-3-5-20(19)26-22/h2-14H,1H3,(H,25,26)(H,27,28). The predicted molar refractivity (Wildman–Crippen MR) is 119 cm³/mol. The van der Waals surface area contributed by atoms with Gasteiger partial charge in [0.1, 0.15) is 5.75 Å². The first-order chi connectivity index (χ1) is 14.1. The highest BCUT2D eigenvalue weighted by Crippen LogP contribution is 2.20. The molecule has 0 spiro atoms. The molecule has 2 N–H and O–H groups in total. The van der Waals surface area contributed by atoms with Crippen molar-refractivity contribution >= 4 is 44.6 Å². The molecule has 0 saturated heterocycles. The Kier molecular flexibility index (Phi) is 5.44. The van der Waals surface area contributed by atoms with Gasteiger partial charge in [-0.3, -0.25) is 4.79 Å². The fourth-order valence-electron chi connectivity index (χ4n) is 2.91. The average Bonchev–Trinajstić information content (AvgIpc) is 3.19. The Labute approximate surface area is 176 Å². The van der Waals surface area contributed by atoms with E-state index in [1.54, 1.807) is 31.4 Å². The average molecular weight is 448 g/mol. The number of rotatable bonds is 5. The molecular weight excluding hydrogens is 430 g/mol. The van der Waals surface area contributed by atoms with E-state index in [2.05, 4.69) is 31.2 Å². The summed E-state index contributed by atoms with van der Waals surface area (Å²) in [7, 11) is 1.59. The van der Waals surface area contributed by atoms with Crippen molar-refractivity contribution in [2.24, 2.45) is 0 Å². The third-order valence-corrected chi connectivity index (χ3v) is 4.95. The van der Waals surface area contributed by atoms with Crippen molar-refractivity contribution in [3.63, 3.8) is 0 Å². The van der Waals surface area contributed by atoms with E-state index in [0.29, 0.717) is 22.8 Å². The summed E-state index contributed by atoms with van der Waals surface area (Å²) in [5.74, 6) is 1.07. The lowest BCUT2D eigenvalue weighted by atomic mass is 10.1. The summed E-state index contributed by atoms with van der Waals surface area (Å²) in [4.78, 5) is 20.8. The van der Waals surface area contributed by atoms with Crippen LogP contribution in [0.5, 0.6) is 5.75 Å². The third-order valence-electron chi connectivity index (χ3n) is 4.43. The van der Waals surface area contributed by atoms with Crippen LogP contribution in [-0.4, -0.2) is 23.0 Å². The molecular formula is C23H18BrN3O2. The second-order valence-electron chi connectivity index (χ2n) is 6.39. The summed E-state index contributed by atoms with van der Waals surface area (Å²) in [6, 6.07) is 22.6. The minimum atomic E-state index is -0.225. The molecule has 0 fully saturated rings. The molecule has 0 saturated carbocycles. The normalized spacial score (nSPS) is 11.4. The highest BCUT2D eigenvalue weighted by atomic mass is 79.9. The second kappa shape index (κ2) is 8.32. The van der Waals surface area contributed by atoms with Crippen LogP contribution < -0.4 is 10.1 Å². The van der Waals surface area contributed by atoms with Gasteiger partial charge in [-0.1, -0.05) is 40.2 Å². The van der Waals surface area contributed by atoms with Gasteiger partial charge in [0.25, 0.3) is 5.91 Å². The van der Waals surface area contributed by atoms with Crippen LogP contribution in [-0.2, 0) is 0 Å². The molecule has 4 aromatic rings. The summed E-state index contributed by atoms with van der Waals surface area (Å²) < 4.78 is 6.15. The predicted octanol–water partition coefficient (Wildman–Crippen LogP) is 5.26. The van der Waals surface area contributed by atoms with Gasteiger partial charge in [0.05, 0.1) is 23.8 Å². The van der Waals surface area contributed by atoms with Gasteiger partial charge in [-0.05, 0) is 60.2 Å². The van der Waals surface area contributed by atoms with E-state index in [9.17, 15) is 4.79 Å². The first-order valence-electron chi connectivity index (χ1n) is 9.00. The Balaban J connectivity index is 1.70. The number of fused-ring (bicyclic) bond motifs is 1. The molecule has 1 amide bonds. The highest BCUT2D eigenvalue weighted by Gasteiger charge is 2.13. The number of nitrogens with zero attached hydrogens (tertiary/aromatic N) is 1. The fourth-order valence-corrected chi connectivity index (χ4v) is 3.17. The van der Waals surface area contributed by atoms with E-state index in [0.717, 1.165) is 21.1 Å². The number of hydrogen-bond donors (Lipinski definition) is 2. The van der Waals surface area contributed by atoms with Crippen molar-refractivity contribution < 1.29 is 9.53 Å². The first kappa shape index (κ1) is 19.0. The molecule has 3 aromatic carbocycles. The summed E-state index contributed by atoms with van der Waals surface area (Å²) in [6.07, 6.45) is 1.89. The summed E-state index contributed by atoms with van der Waals surface area (Å²) in [5, 5.41) is 2.99. The fraction of sp³-hybridized carbons (Fsp3) is 0.0435. The molecule has 4 rings (SSSR count). The van der Waals surface area contributed by atoms with E-state index in [1.807, 2.05) is 54.6 Å². The Bertz CT molecular complexity index is 1150. The molecule has 0 aliphatic heterocycles. The van der Waals surface area contributed by atoms with Crippen LogP contribution >= 0.6 is 15.9 Å². The minimum Gasteiger partial charge on any atom is -0.497 e. The lowest BCUT2D eigenvalue weighted by Crippen LogP contribution is -2.22. The van der Waals surface area contributed by atoms with Crippen molar-refractivity contribution in [3.05, 3.63) is 94.2 Å². The summed E-state index contributed by atoms with van der Waals surface area (Å²) in [6.45, 7) is 0. The van der Waals surface area contributed by atoms with Gasteiger partial charge in [-0.15, -0.1) is 0 Å². The molecule has 5 nitrogen and oxygen atoms in total. The number of amides is 1. The number of aromatic nitrogens is 2. The van der Waals surface area contributed by atoms with Gasteiger partial charge in [-0.25, -0.2) is 4.98 Å². The number of para-hydroxylation sites is 2. The number of H-pyrrole nitrogens is 1. The Hall–Kier alpha value is -3.38. The number of methoxy groups -OCH3 is 1. The molecule has 0 radical (unpaired) electrons. The lowest BCUT2D eigenvalue weighted by molar-refractivity contribution is 0.0973. The molecule has 0 aliphatic carbocycles. The molecule has 1 aromatic heterocycles.